The van der Waals surface area contributed by atoms with E-state index in [1.165, 1.54) is 0 Å². The van der Waals surface area contributed by atoms with E-state index >= 15 is 0 Å². The molecule has 2 N–H and O–H groups in total. The Morgan fingerprint density at radius 3 is 2.85 bits per heavy atom. The smallest absolute Gasteiger partial charge is 0.239 e. The molecule has 0 radical (unpaired) electrons. The molecule has 3 rings (SSSR count). The van der Waals surface area contributed by atoms with E-state index in [4.69, 9.17) is 10.5 Å². The summed E-state index contributed by atoms with van der Waals surface area (Å²) in [6, 6.07) is 7.85. The topological polar surface area (TPSA) is 75.9 Å². The van der Waals surface area contributed by atoms with Gasteiger partial charge in [0.05, 0.1) is 24.7 Å². The molecule has 2 heterocycles. The molecule has 142 valence electrons. The molecule has 0 bridgehead atoms. The van der Waals surface area contributed by atoms with Gasteiger partial charge in [0.2, 0.25) is 11.8 Å². The van der Waals surface area contributed by atoms with Crippen LogP contribution >= 0.6 is 15.9 Å². The van der Waals surface area contributed by atoms with Crippen molar-refractivity contribution < 1.29 is 14.3 Å². The number of carbonyl (C=O) groups excluding carboxylic acids is 2. The normalized spacial score (nSPS) is 25.7. The van der Waals surface area contributed by atoms with Gasteiger partial charge in [-0.05, 0) is 37.5 Å². The van der Waals surface area contributed by atoms with Crippen LogP contribution in [0.5, 0.6) is 0 Å². The number of hydrogen-bond donors (Lipinski definition) is 1. The fourth-order valence-electron chi connectivity index (χ4n) is 3.76. The van der Waals surface area contributed by atoms with Crippen molar-refractivity contribution >= 4 is 27.7 Å². The number of hydrogen-bond acceptors (Lipinski definition) is 4. The monoisotopic (exact) mass is 423 g/mol. The average molecular weight is 424 g/mol. The first-order valence-corrected chi connectivity index (χ1v) is 9.94. The van der Waals surface area contributed by atoms with E-state index in [9.17, 15) is 9.59 Å². The van der Waals surface area contributed by atoms with Gasteiger partial charge >= 0.3 is 0 Å². The molecular weight excluding hydrogens is 398 g/mol. The van der Waals surface area contributed by atoms with E-state index in [1.807, 2.05) is 25.1 Å². The zero-order valence-electron chi connectivity index (χ0n) is 15.1. The summed E-state index contributed by atoms with van der Waals surface area (Å²) >= 11 is 3.50. The lowest BCUT2D eigenvalue weighted by Gasteiger charge is -2.39. The Kier molecular flexibility index (Phi) is 6.32. The van der Waals surface area contributed by atoms with Crippen LogP contribution in [0.25, 0.3) is 0 Å². The summed E-state index contributed by atoms with van der Waals surface area (Å²) in [6.07, 6.45) is 1.56. The van der Waals surface area contributed by atoms with Crippen molar-refractivity contribution in [3.8, 4) is 0 Å². The standard InChI is InChI=1S/C19H26BrN3O3/c1-13(19(25)23-7-3-5-15(11-23)18(21)24)22-8-9-26-17(12-22)14-4-2-6-16(20)10-14/h2,4,6,10,13,15,17H,3,5,7-9,11-12H2,1H3,(H2,21,24). The van der Waals surface area contributed by atoms with Crippen LogP contribution in [0.15, 0.2) is 28.7 Å². The van der Waals surface area contributed by atoms with Gasteiger partial charge in [0.25, 0.3) is 0 Å². The second kappa shape index (κ2) is 8.50. The third-order valence-corrected chi connectivity index (χ3v) is 5.85. The molecule has 2 saturated heterocycles. The molecule has 3 atom stereocenters. The van der Waals surface area contributed by atoms with Gasteiger partial charge in [-0.3, -0.25) is 14.5 Å². The highest BCUT2D eigenvalue weighted by molar-refractivity contribution is 9.10. The van der Waals surface area contributed by atoms with E-state index in [0.29, 0.717) is 26.2 Å². The molecule has 2 amide bonds. The van der Waals surface area contributed by atoms with Gasteiger partial charge in [0, 0.05) is 30.7 Å². The Morgan fingerprint density at radius 2 is 2.12 bits per heavy atom. The van der Waals surface area contributed by atoms with E-state index in [1.54, 1.807) is 4.90 Å². The molecule has 0 aromatic heterocycles. The first-order valence-electron chi connectivity index (χ1n) is 9.15. The maximum atomic E-state index is 12.9. The van der Waals surface area contributed by atoms with Gasteiger partial charge in [-0.1, -0.05) is 28.1 Å². The summed E-state index contributed by atoms with van der Waals surface area (Å²) in [7, 11) is 0. The molecule has 2 aliphatic heterocycles. The Balaban J connectivity index is 1.64. The number of rotatable bonds is 4. The molecule has 0 saturated carbocycles. The van der Waals surface area contributed by atoms with E-state index in [0.717, 1.165) is 29.4 Å². The fourth-order valence-corrected chi connectivity index (χ4v) is 4.18. The Labute approximate surface area is 162 Å². The zero-order valence-corrected chi connectivity index (χ0v) is 16.7. The number of primary amides is 1. The van der Waals surface area contributed by atoms with Crippen LogP contribution in [-0.2, 0) is 14.3 Å². The second-order valence-corrected chi connectivity index (χ2v) is 8.03. The Morgan fingerprint density at radius 1 is 1.31 bits per heavy atom. The van der Waals surface area contributed by atoms with Crippen molar-refractivity contribution in [1.29, 1.82) is 0 Å². The quantitative estimate of drug-likeness (QED) is 0.802. The van der Waals surface area contributed by atoms with Crippen molar-refractivity contribution in [3.05, 3.63) is 34.3 Å². The van der Waals surface area contributed by atoms with Crippen LogP contribution in [-0.4, -0.2) is 60.4 Å². The predicted octanol–water partition coefficient (Wildman–Crippen LogP) is 1.93. The van der Waals surface area contributed by atoms with Crippen molar-refractivity contribution in [2.75, 3.05) is 32.8 Å². The highest BCUT2D eigenvalue weighted by Gasteiger charge is 2.34. The molecule has 0 aliphatic carbocycles. The second-order valence-electron chi connectivity index (χ2n) is 7.11. The minimum Gasteiger partial charge on any atom is -0.371 e. The van der Waals surface area contributed by atoms with E-state index in [-0.39, 0.29) is 29.9 Å². The maximum absolute atomic E-state index is 12.9. The molecule has 26 heavy (non-hydrogen) atoms. The van der Waals surface area contributed by atoms with Crippen molar-refractivity contribution in [1.82, 2.24) is 9.80 Å². The lowest BCUT2D eigenvalue weighted by atomic mass is 9.97. The molecular formula is C19H26BrN3O3. The summed E-state index contributed by atoms with van der Waals surface area (Å²) in [4.78, 5) is 28.4. The summed E-state index contributed by atoms with van der Waals surface area (Å²) < 4.78 is 6.94. The third-order valence-electron chi connectivity index (χ3n) is 5.36. The van der Waals surface area contributed by atoms with Crippen LogP contribution in [0.1, 0.15) is 31.4 Å². The molecule has 0 spiro atoms. The van der Waals surface area contributed by atoms with Crippen molar-refractivity contribution in [2.45, 2.75) is 31.9 Å². The van der Waals surface area contributed by atoms with Crippen LogP contribution in [0.4, 0.5) is 0 Å². The maximum Gasteiger partial charge on any atom is 0.239 e. The molecule has 2 fully saturated rings. The number of nitrogens with zero attached hydrogens (tertiary/aromatic N) is 2. The van der Waals surface area contributed by atoms with Crippen LogP contribution in [0.2, 0.25) is 0 Å². The molecule has 2 aliphatic rings. The minimum atomic E-state index is -0.309. The largest absolute Gasteiger partial charge is 0.371 e. The lowest BCUT2D eigenvalue weighted by Crippen LogP contribution is -2.54. The predicted molar refractivity (Wildman–Crippen MR) is 102 cm³/mol. The van der Waals surface area contributed by atoms with Gasteiger partial charge in [0.15, 0.2) is 0 Å². The first-order chi connectivity index (χ1) is 12.5. The number of likely N-dealkylation sites (tertiary alicyclic amines) is 1. The first kappa shape index (κ1) is 19.3. The highest BCUT2D eigenvalue weighted by atomic mass is 79.9. The highest BCUT2D eigenvalue weighted by Crippen LogP contribution is 2.26. The van der Waals surface area contributed by atoms with Crippen LogP contribution < -0.4 is 5.73 Å². The zero-order chi connectivity index (χ0) is 18.7. The van der Waals surface area contributed by atoms with E-state index < -0.39 is 0 Å². The molecule has 3 unspecified atom stereocenters. The molecule has 1 aromatic rings. The van der Waals surface area contributed by atoms with Gasteiger partial charge in [-0.15, -0.1) is 0 Å². The van der Waals surface area contributed by atoms with Crippen LogP contribution in [0, 0.1) is 5.92 Å². The Hall–Kier alpha value is -1.44. The summed E-state index contributed by atoms with van der Waals surface area (Å²) in [5.41, 5.74) is 6.54. The third kappa shape index (κ3) is 4.45. The number of ether oxygens (including phenoxy) is 1. The fraction of sp³-hybridized carbons (Fsp3) is 0.579. The number of piperidine rings is 1. The molecule has 1 aromatic carbocycles. The van der Waals surface area contributed by atoms with Gasteiger partial charge in [-0.2, -0.15) is 0 Å². The van der Waals surface area contributed by atoms with Crippen molar-refractivity contribution in [2.24, 2.45) is 11.7 Å². The number of nitrogens with two attached hydrogens (primary N) is 1. The van der Waals surface area contributed by atoms with Crippen LogP contribution in [0.3, 0.4) is 0 Å². The number of amides is 2. The van der Waals surface area contributed by atoms with Crippen molar-refractivity contribution in [3.63, 3.8) is 0 Å². The molecule has 7 heteroatoms. The SMILES string of the molecule is CC(C(=O)N1CCCC(C(N)=O)C1)N1CCOC(c2cccc(Br)c2)C1. The van der Waals surface area contributed by atoms with Gasteiger partial charge in [-0.25, -0.2) is 0 Å². The van der Waals surface area contributed by atoms with E-state index in [2.05, 4.69) is 26.9 Å². The summed E-state index contributed by atoms with van der Waals surface area (Å²) in [5.74, 6) is -0.457. The number of morpholine rings is 1. The Bertz CT molecular complexity index is 669. The van der Waals surface area contributed by atoms with Gasteiger partial charge in [0.1, 0.15) is 0 Å². The number of carbonyl (C=O) groups is 2. The molecule has 6 nitrogen and oxygen atoms in total. The summed E-state index contributed by atoms with van der Waals surface area (Å²) in [5, 5.41) is 0. The number of halogens is 1. The minimum absolute atomic E-state index is 0.0452. The number of benzene rings is 1. The van der Waals surface area contributed by atoms with Gasteiger partial charge < -0.3 is 15.4 Å². The average Bonchev–Trinajstić information content (AvgIpc) is 2.67. The lowest BCUT2D eigenvalue weighted by molar-refractivity contribution is -0.142. The summed E-state index contributed by atoms with van der Waals surface area (Å²) in [6.45, 7) is 5.09.